The Bertz CT molecular complexity index is 423. The van der Waals surface area contributed by atoms with Gasteiger partial charge in [0.05, 0.1) is 24.8 Å². The maximum atomic E-state index is 11.5. The molecule has 0 N–H and O–H groups in total. The Morgan fingerprint density at radius 2 is 2.00 bits per heavy atom. The molecule has 0 aromatic heterocycles. The van der Waals surface area contributed by atoms with Crippen LogP contribution in [0.1, 0.15) is 41.0 Å². The molecule has 0 atom stereocenters. The quantitative estimate of drug-likeness (QED) is 0.582. The van der Waals surface area contributed by atoms with E-state index >= 15 is 0 Å². The van der Waals surface area contributed by atoms with Crippen molar-refractivity contribution in [3.05, 3.63) is 29.3 Å². The predicted octanol–water partition coefficient (Wildman–Crippen LogP) is 2.46. The fourth-order valence-corrected chi connectivity index (χ4v) is 1.39. The van der Waals surface area contributed by atoms with Gasteiger partial charge in [0, 0.05) is 0 Å². The third kappa shape index (κ3) is 3.31. The summed E-state index contributed by atoms with van der Waals surface area (Å²) < 4.78 is 10.0. The van der Waals surface area contributed by atoms with Gasteiger partial charge in [0.1, 0.15) is 5.75 Å². The van der Waals surface area contributed by atoms with Gasteiger partial charge in [0.2, 0.25) is 0 Å². The fraction of sp³-hybridized carbons (Fsp3) is 0.385. The van der Waals surface area contributed by atoms with Crippen LogP contribution in [0, 0.1) is 0 Å². The Hall–Kier alpha value is -1.84. The molecule has 0 radical (unpaired) electrons. The maximum Gasteiger partial charge on any atom is 0.337 e. The maximum absolute atomic E-state index is 11.5. The van der Waals surface area contributed by atoms with Crippen molar-refractivity contribution in [3.63, 3.8) is 0 Å². The van der Waals surface area contributed by atoms with Gasteiger partial charge < -0.3 is 9.47 Å². The van der Waals surface area contributed by atoms with Crippen LogP contribution in [0.2, 0.25) is 0 Å². The molecular weight excluding hydrogens is 220 g/mol. The normalized spacial score (nSPS) is 9.82. The molecule has 0 saturated carbocycles. The van der Waals surface area contributed by atoms with Crippen LogP contribution in [0.3, 0.4) is 0 Å². The summed E-state index contributed by atoms with van der Waals surface area (Å²) in [4.78, 5) is 22.8. The van der Waals surface area contributed by atoms with Gasteiger partial charge >= 0.3 is 5.97 Å². The van der Waals surface area contributed by atoms with E-state index in [1.165, 1.54) is 20.1 Å². The highest BCUT2D eigenvalue weighted by Gasteiger charge is 2.13. The number of rotatable bonds is 5. The second kappa shape index (κ2) is 6.03. The van der Waals surface area contributed by atoms with Crippen molar-refractivity contribution in [2.24, 2.45) is 0 Å². The van der Waals surface area contributed by atoms with Crippen molar-refractivity contribution < 1.29 is 19.1 Å². The number of ether oxygens (including phenoxy) is 2. The number of ketones is 1. The predicted molar refractivity (Wildman–Crippen MR) is 63.6 cm³/mol. The molecule has 0 spiro atoms. The van der Waals surface area contributed by atoms with E-state index in [0.717, 1.165) is 6.42 Å². The topological polar surface area (TPSA) is 52.6 Å². The van der Waals surface area contributed by atoms with Gasteiger partial charge in [0.15, 0.2) is 5.78 Å². The van der Waals surface area contributed by atoms with Crippen LogP contribution < -0.4 is 4.74 Å². The minimum absolute atomic E-state index is 0.137. The van der Waals surface area contributed by atoms with E-state index in [1.807, 2.05) is 6.92 Å². The van der Waals surface area contributed by atoms with Gasteiger partial charge in [-0.25, -0.2) is 4.79 Å². The SMILES string of the molecule is CCCOc1ccc(C(=O)OC)cc1C(C)=O. The zero-order valence-corrected chi connectivity index (χ0v) is 10.3. The molecule has 0 aliphatic carbocycles. The van der Waals surface area contributed by atoms with Gasteiger partial charge in [-0.15, -0.1) is 0 Å². The van der Waals surface area contributed by atoms with Crippen molar-refractivity contribution in [2.45, 2.75) is 20.3 Å². The molecule has 1 aromatic carbocycles. The van der Waals surface area contributed by atoms with Crippen molar-refractivity contribution in [2.75, 3.05) is 13.7 Å². The summed E-state index contributed by atoms with van der Waals surface area (Å²) in [6.45, 7) is 3.96. The zero-order chi connectivity index (χ0) is 12.8. The Kier molecular flexibility index (Phi) is 4.69. The lowest BCUT2D eigenvalue weighted by molar-refractivity contribution is 0.0600. The molecule has 1 aromatic rings. The van der Waals surface area contributed by atoms with Crippen LogP contribution >= 0.6 is 0 Å². The number of hydrogen-bond acceptors (Lipinski definition) is 4. The molecule has 0 aliphatic heterocycles. The van der Waals surface area contributed by atoms with E-state index in [0.29, 0.717) is 23.5 Å². The van der Waals surface area contributed by atoms with Gasteiger partial charge in [0.25, 0.3) is 0 Å². The third-order valence-corrected chi connectivity index (χ3v) is 2.24. The lowest BCUT2D eigenvalue weighted by Gasteiger charge is -2.10. The van der Waals surface area contributed by atoms with E-state index in [4.69, 9.17) is 4.74 Å². The lowest BCUT2D eigenvalue weighted by atomic mass is 10.1. The molecule has 0 unspecified atom stereocenters. The van der Waals surface area contributed by atoms with Crippen molar-refractivity contribution >= 4 is 11.8 Å². The highest BCUT2D eigenvalue weighted by atomic mass is 16.5. The van der Waals surface area contributed by atoms with E-state index in [-0.39, 0.29) is 5.78 Å². The van der Waals surface area contributed by atoms with Gasteiger partial charge in [-0.3, -0.25) is 4.79 Å². The minimum atomic E-state index is -0.463. The molecule has 1 rings (SSSR count). The van der Waals surface area contributed by atoms with E-state index < -0.39 is 5.97 Å². The summed E-state index contributed by atoms with van der Waals surface area (Å²) in [5.41, 5.74) is 0.753. The third-order valence-electron chi connectivity index (χ3n) is 2.24. The molecule has 4 nitrogen and oxygen atoms in total. The zero-order valence-electron chi connectivity index (χ0n) is 10.3. The van der Waals surface area contributed by atoms with Gasteiger partial charge in [-0.2, -0.15) is 0 Å². The fourth-order valence-electron chi connectivity index (χ4n) is 1.39. The van der Waals surface area contributed by atoms with Crippen LogP contribution in [0.25, 0.3) is 0 Å². The first-order valence-corrected chi connectivity index (χ1v) is 5.46. The highest BCUT2D eigenvalue weighted by Crippen LogP contribution is 2.21. The van der Waals surface area contributed by atoms with Crippen LogP contribution in [0.5, 0.6) is 5.75 Å². The standard InChI is InChI=1S/C13H16O4/c1-4-7-17-12-6-5-10(13(15)16-3)8-11(12)9(2)14/h5-6,8H,4,7H2,1-3H3. The van der Waals surface area contributed by atoms with Crippen molar-refractivity contribution in [1.29, 1.82) is 0 Å². The molecule has 0 saturated heterocycles. The summed E-state index contributed by atoms with van der Waals surface area (Å²) in [5, 5.41) is 0. The minimum Gasteiger partial charge on any atom is -0.493 e. The number of hydrogen-bond donors (Lipinski definition) is 0. The molecule has 17 heavy (non-hydrogen) atoms. The molecule has 0 fully saturated rings. The molecule has 4 heteroatoms. The van der Waals surface area contributed by atoms with Gasteiger partial charge in [-0.1, -0.05) is 6.92 Å². The summed E-state index contributed by atoms with van der Waals surface area (Å²) in [5.74, 6) is -0.0941. The first-order chi connectivity index (χ1) is 8.10. The van der Waals surface area contributed by atoms with Crippen LogP contribution in [-0.4, -0.2) is 25.5 Å². The molecule has 92 valence electrons. The number of Topliss-reactive ketones (excluding diaryl/α,β-unsaturated/α-hetero) is 1. The van der Waals surface area contributed by atoms with Gasteiger partial charge in [-0.05, 0) is 31.5 Å². The number of methoxy groups -OCH3 is 1. The Morgan fingerprint density at radius 3 is 2.53 bits per heavy atom. The van der Waals surface area contributed by atoms with E-state index in [2.05, 4.69) is 4.74 Å². The average molecular weight is 236 g/mol. The Labute approximate surface area is 101 Å². The average Bonchev–Trinajstić information content (AvgIpc) is 2.35. The summed E-state index contributed by atoms with van der Waals surface area (Å²) >= 11 is 0. The monoisotopic (exact) mass is 236 g/mol. The molecular formula is C13H16O4. The number of esters is 1. The highest BCUT2D eigenvalue weighted by molar-refractivity contribution is 6.00. The smallest absolute Gasteiger partial charge is 0.337 e. The molecule has 0 bridgehead atoms. The van der Waals surface area contributed by atoms with Crippen LogP contribution in [0.15, 0.2) is 18.2 Å². The van der Waals surface area contributed by atoms with Crippen molar-refractivity contribution in [3.8, 4) is 5.75 Å². The van der Waals surface area contributed by atoms with Crippen LogP contribution in [0.4, 0.5) is 0 Å². The number of carbonyl (C=O) groups excluding carboxylic acids is 2. The van der Waals surface area contributed by atoms with E-state index in [1.54, 1.807) is 12.1 Å². The lowest BCUT2D eigenvalue weighted by Crippen LogP contribution is -2.06. The summed E-state index contributed by atoms with van der Waals surface area (Å²) in [6.07, 6.45) is 0.857. The number of carbonyl (C=O) groups is 2. The molecule has 0 heterocycles. The van der Waals surface area contributed by atoms with Crippen LogP contribution in [-0.2, 0) is 4.74 Å². The second-order valence-corrected chi connectivity index (χ2v) is 3.61. The first kappa shape index (κ1) is 13.2. The summed E-state index contributed by atoms with van der Waals surface area (Å²) in [6, 6.07) is 4.71. The summed E-state index contributed by atoms with van der Waals surface area (Å²) in [7, 11) is 1.30. The first-order valence-electron chi connectivity index (χ1n) is 5.46. The largest absolute Gasteiger partial charge is 0.493 e. The number of benzene rings is 1. The Balaban J connectivity index is 3.08. The molecule has 0 amide bonds. The van der Waals surface area contributed by atoms with Crippen molar-refractivity contribution in [1.82, 2.24) is 0 Å². The Morgan fingerprint density at radius 1 is 1.29 bits per heavy atom. The molecule has 0 aliphatic rings. The second-order valence-electron chi connectivity index (χ2n) is 3.61. The van der Waals surface area contributed by atoms with E-state index in [9.17, 15) is 9.59 Å².